The van der Waals surface area contributed by atoms with E-state index in [1.807, 2.05) is 66.7 Å². The van der Waals surface area contributed by atoms with Crippen LogP contribution in [0.1, 0.15) is 18.4 Å². The molecule has 0 radical (unpaired) electrons. The molecule has 36 heavy (non-hydrogen) atoms. The predicted octanol–water partition coefficient (Wildman–Crippen LogP) is 3.82. The number of aliphatic hydroxyl groups is 1. The summed E-state index contributed by atoms with van der Waals surface area (Å²) in [5, 5.41) is 11.1. The highest BCUT2D eigenvalue weighted by Crippen LogP contribution is 2.25. The fourth-order valence-corrected chi connectivity index (χ4v) is 4.98. The summed E-state index contributed by atoms with van der Waals surface area (Å²) in [5.74, 6) is 1.56. The average Bonchev–Trinajstić information content (AvgIpc) is 3.14. The zero-order chi connectivity index (χ0) is 25.0. The Morgan fingerprint density at radius 1 is 0.889 bits per heavy atom. The van der Waals surface area contributed by atoms with Gasteiger partial charge in [-0.2, -0.15) is 0 Å². The number of β-amino-alcohol motifs (C(OH)–C–C–N with tert-alkyl or cyclic N) is 1. The van der Waals surface area contributed by atoms with E-state index in [0.717, 1.165) is 48.5 Å². The van der Waals surface area contributed by atoms with Crippen LogP contribution in [0.4, 0.5) is 0 Å². The lowest BCUT2D eigenvalue weighted by Gasteiger charge is -2.39. The zero-order valence-corrected chi connectivity index (χ0v) is 20.7. The fraction of sp³-hybridized carbons (Fsp3) is 0.345. The molecular weight excluding hydrogens is 454 g/mol. The fourth-order valence-electron chi connectivity index (χ4n) is 4.98. The van der Waals surface area contributed by atoms with E-state index in [1.165, 1.54) is 5.56 Å². The van der Waals surface area contributed by atoms with Gasteiger partial charge in [0, 0.05) is 20.1 Å². The predicted molar refractivity (Wildman–Crippen MR) is 141 cm³/mol. The minimum Gasteiger partial charge on any atom is -0.492 e. The monoisotopic (exact) mass is 487 g/mol. The molecule has 1 N–H and O–H groups in total. The van der Waals surface area contributed by atoms with Crippen molar-refractivity contribution in [2.75, 3.05) is 26.3 Å². The molecule has 1 aromatic heterocycles. The number of aryl methyl sites for hydroxylation is 1. The van der Waals surface area contributed by atoms with E-state index in [0.29, 0.717) is 26.3 Å². The summed E-state index contributed by atoms with van der Waals surface area (Å²) in [6.07, 6.45) is 1.67. The number of hydrogen-bond acceptors (Lipinski definition) is 5. The van der Waals surface area contributed by atoms with Gasteiger partial charge in [-0.15, -0.1) is 0 Å². The molecule has 1 aliphatic rings. The van der Waals surface area contributed by atoms with Crippen LogP contribution in [-0.2, 0) is 20.1 Å². The van der Waals surface area contributed by atoms with Gasteiger partial charge in [0.05, 0.1) is 17.6 Å². The first kappa shape index (κ1) is 24.2. The quantitative estimate of drug-likeness (QED) is 0.389. The number of hydrogen-bond donors (Lipinski definition) is 1. The number of rotatable bonds is 9. The van der Waals surface area contributed by atoms with Crippen molar-refractivity contribution in [2.24, 2.45) is 7.05 Å². The number of piperidine rings is 1. The SMILES string of the molecule is Cn1c(=O)n(CCOc2ccc(CN3CCCC(O)(COc4ccccc4)C3)cc2)c2ccccc21. The number of benzene rings is 3. The molecule has 2 heterocycles. The maximum atomic E-state index is 12.6. The Bertz CT molecular complexity index is 1350. The highest BCUT2D eigenvalue weighted by atomic mass is 16.5. The number of likely N-dealkylation sites (tertiary alicyclic amines) is 1. The van der Waals surface area contributed by atoms with Gasteiger partial charge < -0.3 is 14.6 Å². The summed E-state index contributed by atoms with van der Waals surface area (Å²) in [7, 11) is 1.79. The molecule has 0 amide bonds. The van der Waals surface area contributed by atoms with Gasteiger partial charge in [-0.25, -0.2) is 4.79 Å². The summed E-state index contributed by atoms with van der Waals surface area (Å²) >= 11 is 0. The average molecular weight is 488 g/mol. The number of para-hydroxylation sites is 3. The van der Waals surface area contributed by atoms with Crippen LogP contribution in [0.15, 0.2) is 83.7 Å². The van der Waals surface area contributed by atoms with Gasteiger partial charge in [-0.1, -0.05) is 42.5 Å². The maximum Gasteiger partial charge on any atom is 0.328 e. The molecule has 3 aromatic carbocycles. The van der Waals surface area contributed by atoms with Gasteiger partial charge in [0.1, 0.15) is 30.3 Å². The van der Waals surface area contributed by atoms with E-state index in [9.17, 15) is 9.90 Å². The van der Waals surface area contributed by atoms with E-state index in [-0.39, 0.29) is 5.69 Å². The number of aromatic nitrogens is 2. The van der Waals surface area contributed by atoms with Crippen LogP contribution in [0.3, 0.4) is 0 Å². The van der Waals surface area contributed by atoms with Gasteiger partial charge in [-0.05, 0) is 61.3 Å². The normalized spacial score (nSPS) is 18.4. The standard InChI is InChI=1S/C29H33N3O4/c1-30-26-10-5-6-11-27(26)32(28(30)33)18-19-35-25-14-12-23(13-15-25)20-31-17-7-16-29(34,21-31)22-36-24-8-3-2-4-9-24/h2-6,8-15,34H,7,16-22H2,1H3. The lowest BCUT2D eigenvalue weighted by atomic mass is 9.93. The van der Waals surface area contributed by atoms with Crippen molar-refractivity contribution in [3.05, 3.63) is 94.9 Å². The molecule has 1 unspecified atom stereocenters. The summed E-state index contributed by atoms with van der Waals surface area (Å²) < 4.78 is 15.2. The third-order valence-electron chi connectivity index (χ3n) is 6.85. The van der Waals surface area contributed by atoms with Gasteiger partial charge in [0.2, 0.25) is 0 Å². The van der Waals surface area contributed by atoms with Gasteiger partial charge in [0.15, 0.2) is 0 Å². The van der Waals surface area contributed by atoms with Crippen LogP contribution in [0.25, 0.3) is 11.0 Å². The van der Waals surface area contributed by atoms with Crippen molar-refractivity contribution in [1.29, 1.82) is 0 Å². The first-order valence-corrected chi connectivity index (χ1v) is 12.5. The molecule has 188 valence electrons. The number of imidazole rings is 1. The van der Waals surface area contributed by atoms with E-state index in [4.69, 9.17) is 9.47 Å². The second-order valence-corrected chi connectivity index (χ2v) is 9.61. The van der Waals surface area contributed by atoms with E-state index < -0.39 is 5.60 Å². The number of nitrogens with zero attached hydrogens (tertiary/aromatic N) is 3. The van der Waals surface area contributed by atoms with Crippen LogP contribution in [-0.4, -0.2) is 51.0 Å². The molecule has 0 saturated carbocycles. The molecule has 1 aliphatic heterocycles. The van der Waals surface area contributed by atoms with E-state index in [1.54, 1.807) is 16.2 Å². The third-order valence-corrected chi connectivity index (χ3v) is 6.85. The third kappa shape index (κ3) is 5.48. The smallest absolute Gasteiger partial charge is 0.328 e. The molecular formula is C29H33N3O4. The Labute approximate surface area is 211 Å². The molecule has 4 aromatic rings. The molecule has 0 spiro atoms. The first-order valence-electron chi connectivity index (χ1n) is 12.5. The van der Waals surface area contributed by atoms with Crippen LogP contribution < -0.4 is 15.2 Å². The summed E-state index contributed by atoms with van der Waals surface area (Å²) in [6.45, 7) is 3.48. The summed E-state index contributed by atoms with van der Waals surface area (Å²) in [6, 6.07) is 25.5. The van der Waals surface area contributed by atoms with Crippen molar-refractivity contribution < 1.29 is 14.6 Å². The molecule has 1 fully saturated rings. The van der Waals surface area contributed by atoms with Crippen molar-refractivity contribution in [3.8, 4) is 11.5 Å². The largest absolute Gasteiger partial charge is 0.492 e. The van der Waals surface area contributed by atoms with Gasteiger partial charge in [-0.3, -0.25) is 14.0 Å². The molecule has 7 heteroatoms. The van der Waals surface area contributed by atoms with Gasteiger partial charge in [0.25, 0.3) is 0 Å². The van der Waals surface area contributed by atoms with Crippen LogP contribution in [0.2, 0.25) is 0 Å². The highest BCUT2D eigenvalue weighted by molar-refractivity contribution is 5.75. The minimum absolute atomic E-state index is 0.0363. The summed E-state index contributed by atoms with van der Waals surface area (Å²) in [5.41, 5.74) is 2.12. The van der Waals surface area contributed by atoms with Crippen molar-refractivity contribution in [2.45, 2.75) is 31.5 Å². The molecule has 1 atom stereocenters. The van der Waals surface area contributed by atoms with E-state index in [2.05, 4.69) is 17.0 Å². The minimum atomic E-state index is -0.850. The Hall–Kier alpha value is -3.55. The Kier molecular flexibility index (Phi) is 7.11. The number of ether oxygens (including phenoxy) is 2. The topological polar surface area (TPSA) is 68.9 Å². The van der Waals surface area contributed by atoms with Gasteiger partial charge >= 0.3 is 5.69 Å². The molecule has 0 aliphatic carbocycles. The molecule has 5 rings (SSSR count). The van der Waals surface area contributed by atoms with Crippen molar-refractivity contribution >= 4 is 11.0 Å². The van der Waals surface area contributed by atoms with Crippen LogP contribution in [0, 0.1) is 0 Å². The zero-order valence-electron chi connectivity index (χ0n) is 20.7. The van der Waals surface area contributed by atoms with Crippen LogP contribution >= 0.6 is 0 Å². The van der Waals surface area contributed by atoms with E-state index >= 15 is 0 Å². The first-order chi connectivity index (χ1) is 17.5. The Balaban J connectivity index is 1.13. The Morgan fingerprint density at radius 2 is 1.58 bits per heavy atom. The Morgan fingerprint density at radius 3 is 2.36 bits per heavy atom. The molecule has 1 saturated heterocycles. The molecule has 7 nitrogen and oxygen atoms in total. The van der Waals surface area contributed by atoms with Crippen molar-refractivity contribution in [3.63, 3.8) is 0 Å². The number of fused-ring (bicyclic) bond motifs is 1. The van der Waals surface area contributed by atoms with Crippen molar-refractivity contribution in [1.82, 2.24) is 14.0 Å². The second kappa shape index (κ2) is 10.6. The lowest BCUT2D eigenvalue weighted by molar-refractivity contribution is -0.0621. The maximum absolute atomic E-state index is 12.6. The lowest BCUT2D eigenvalue weighted by Crippen LogP contribution is -2.51. The van der Waals surface area contributed by atoms with Crippen LogP contribution in [0.5, 0.6) is 11.5 Å². The second-order valence-electron chi connectivity index (χ2n) is 9.61. The molecule has 0 bridgehead atoms. The summed E-state index contributed by atoms with van der Waals surface area (Å²) in [4.78, 5) is 14.8. The highest BCUT2D eigenvalue weighted by Gasteiger charge is 2.34.